The van der Waals surface area contributed by atoms with Crippen molar-refractivity contribution in [2.24, 2.45) is 5.73 Å². The van der Waals surface area contributed by atoms with E-state index in [4.69, 9.17) is 5.73 Å². The van der Waals surface area contributed by atoms with Gasteiger partial charge in [0.2, 0.25) is 5.91 Å². The number of likely N-dealkylation sites (N-methyl/N-ethyl adjacent to an activating group) is 1. The number of primary amides is 1. The number of hydrogen-bond acceptors (Lipinski definition) is 2. The number of amides is 1. The van der Waals surface area contributed by atoms with Gasteiger partial charge >= 0.3 is 0 Å². The van der Waals surface area contributed by atoms with Crippen LogP contribution in [-0.4, -0.2) is 30.4 Å². The molecule has 2 aromatic rings. The minimum Gasteiger partial charge on any atom is -0.366 e. The first kappa shape index (κ1) is 18.2. The molecule has 0 radical (unpaired) electrons. The van der Waals surface area contributed by atoms with Crippen molar-refractivity contribution >= 4 is 5.91 Å². The van der Waals surface area contributed by atoms with Crippen LogP contribution in [0.5, 0.6) is 0 Å². The molecule has 1 aliphatic heterocycles. The Balaban J connectivity index is 1.91. The summed E-state index contributed by atoms with van der Waals surface area (Å²) in [5, 5.41) is 0. The summed E-state index contributed by atoms with van der Waals surface area (Å²) in [6.45, 7) is 5.80. The third-order valence-corrected chi connectivity index (χ3v) is 7.00. The lowest BCUT2D eigenvalue weighted by Crippen LogP contribution is -2.48. The van der Waals surface area contributed by atoms with E-state index >= 15 is 0 Å². The van der Waals surface area contributed by atoms with Crippen LogP contribution in [0.2, 0.25) is 0 Å². The average Bonchev–Trinajstić information content (AvgIpc) is 2.76. The van der Waals surface area contributed by atoms with Gasteiger partial charge in [0, 0.05) is 22.9 Å². The Morgan fingerprint density at radius 2 is 2.07 bits per heavy atom. The Morgan fingerprint density at radius 3 is 2.81 bits per heavy atom. The Bertz CT molecular complexity index is 874. The quantitative estimate of drug-likeness (QED) is 0.896. The lowest BCUT2D eigenvalue weighted by Gasteiger charge is -2.48. The Kier molecular flexibility index (Phi) is 4.59. The molecule has 27 heavy (non-hydrogen) atoms. The van der Waals surface area contributed by atoms with Crippen molar-refractivity contribution in [2.45, 2.75) is 56.9 Å². The largest absolute Gasteiger partial charge is 0.366 e. The summed E-state index contributed by atoms with van der Waals surface area (Å²) in [7, 11) is 2.26. The van der Waals surface area contributed by atoms with Gasteiger partial charge in [-0.05, 0) is 73.7 Å². The van der Waals surface area contributed by atoms with E-state index in [9.17, 15) is 4.79 Å². The maximum atomic E-state index is 11.8. The number of hydrogen-bond donors (Lipinski definition) is 1. The summed E-state index contributed by atoms with van der Waals surface area (Å²) in [5.74, 6) is 0.0201. The first-order valence-electron chi connectivity index (χ1n) is 10.2. The number of carbonyl (C=O) groups excluding carboxylic acids is 1. The number of carbonyl (C=O) groups is 1. The summed E-state index contributed by atoms with van der Waals surface area (Å²) < 4.78 is 0. The number of nitrogens with two attached hydrogens (primary N) is 1. The molecule has 3 heteroatoms. The third-order valence-electron chi connectivity index (χ3n) is 7.00. The zero-order valence-electron chi connectivity index (χ0n) is 16.7. The van der Waals surface area contributed by atoms with Crippen molar-refractivity contribution in [2.75, 3.05) is 13.6 Å². The molecule has 3 atom stereocenters. The molecule has 1 saturated heterocycles. The lowest BCUT2D eigenvalue weighted by atomic mass is 9.58. The highest BCUT2D eigenvalue weighted by atomic mass is 16.1. The van der Waals surface area contributed by atoms with Crippen molar-refractivity contribution in [1.29, 1.82) is 0 Å². The highest BCUT2D eigenvalue weighted by molar-refractivity contribution is 5.92. The van der Waals surface area contributed by atoms with Crippen LogP contribution < -0.4 is 5.73 Å². The second-order valence-corrected chi connectivity index (χ2v) is 8.59. The van der Waals surface area contributed by atoms with Gasteiger partial charge in [-0.3, -0.25) is 4.79 Å². The van der Waals surface area contributed by atoms with Crippen molar-refractivity contribution in [1.82, 2.24) is 4.90 Å². The number of aryl methyl sites for hydroxylation is 1. The lowest BCUT2D eigenvalue weighted by molar-refractivity contribution is 0.1000. The van der Waals surface area contributed by atoms with E-state index in [1.165, 1.54) is 35.1 Å². The van der Waals surface area contributed by atoms with Gasteiger partial charge in [0.25, 0.3) is 0 Å². The predicted octanol–water partition coefficient (Wildman–Crippen LogP) is 4.04. The zero-order chi connectivity index (χ0) is 19.2. The molecule has 2 N–H and O–H groups in total. The smallest absolute Gasteiger partial charge is 0.248 e. The minimum atomic E-state index is -0.345. The standard InChI is InChI=1S/C24H30N2O/c1-4-16-9-10-17-15-21-22(18-7-5-8-19(14-18)23(25)27)24(2,20(17)13-16)11-6-12-26(21)3/h5,7-10,13-14,21-22H,4,6,11-12,15H2,1-3H3,(H2,25,27)/t21?,22-,24+/m0/s1. The molecule has 2 aliphatic rings. The van der Waals surface area contributed by atoms with E-state index in [1.807, 2.05) is 18.2 Å². The van der Waals surface area contributed by atoms with Crippen LogP contribution in [0.1, 0.15) is 65.2 Å². The maximum Gasteiger partial charge on any atom is 0.248 e. The monoisotopic (exact) mass is 362 g/mol. The molecule has 2 aromatic carbocycles. The molecule has 1 heterocycles. The molecular weight excluding hydrogens is 332 g/mol. The molecule has 0 spiro atoms. The second kappa shape index (κ2) is 6.79. The number of benzene rings is 2. The highest BCUT2D eigenvalue weighted by Crippen LogP contribution is 2.52. The van der Waals surface area contributed by atoms with E-state index in [1.54, 1.807) is 0 Å². The molecule has 2 bridgehead atoms. The Labute approximate surface area is 162 Å². The number of likely N-dealkylation sites (tertiary alicyclic amines) is 1. The average molecular weight is 363 g/mol. The van der Waals surface area contributed by atoms with Crippen LogP contribution in [0, 0.1) is 0 Å². The fourth-order valence-corrected chi connectivity index (χ4v) is 5.53. The van der Waals surface area contributed by atoms with Gasteiger partial charge in [0.1, 0.15) is 0 Å². The highest BCUT2D eigenvalue weighted by Gasteiger charge is 2.48. The number of nitrogens with zero attached hydrogens (tertiary/aromatic N) is 1. The molecule has 3 nitrogen and oxygen atoms in total. The topological polar surface area (TPSA) is 46.3 Å². The summed E-state index contributed by atoms with van der Waals surface area (Å²) in [6.07, 6.45) is 4.50. The fourth-order valence-electron chi connectivity index (χ4n) is 5.53. The van der Waals surface area contributed by atoms with Gasteiger partial charge in [-0.2, -0.15) is 0 Å². The van der Waals surface area contributed by atoms with Crippen LogP contribution in [0.15, 0.2) is 42.5 Å². The molecule has 142 valence electrons. The van der Waals surface area contributed by atoms with Crippen molar-refractivity contribution in [3.8, 4) is 0 Å². The minimum absolute atomic E-state index is 0.0739. The van der Waals surface area contributed by atoms with Crippen LogP contribution in [0.4, 0.5) is 0 Å². The SMILES string of the molecule is CCc1ccc2c(c1)[C@@]1(C)CCCN(C)C(C2)[C@@H]1c1cccc(C(N)=O)c1. The van der Waals surface area contributed by atoms with Crippen LogP contribution in [0.25, 0.3) is 0 Å². The summed E-state index contributed by atoms with van der Waals surface area (Å²) >= 11 is 0. The molecule has 4 rings (SSSR count). The Hall–Kier alpha value is -2.13. The summed E-state index contributed by atoms with van der Waals surface area (Å²) in [5.41, 5.74) is 11.9. The van der Waals surface area contributed by atoms with Gasteiger partial charge < -0.3 is 10.6 Å². The molecular formula is C24H30N2O. The van der Waals surface area contributed by atoms with Crippen molar-refractivity contribution in [3.05, 3.63) is 70.3 Å². The molecule has 0 saturated carbocycles. The van der Waals surface area contributed by atoms with Crippen LogP contribution in [-0.2, 0) is 18.3 Å². The number of rotatable bonds is 3. The maximum absolute atomic E-state index is 11.8. The molecule has 0 aromatic heterocycles. The molecule has 1 fully saturated rings. The van der Waals surface area contributed by atoms with Crippen LogP contribution >= 0.6 is 0 Å². The third kappa shape index (κ3) is 2.98. The van der Waals surface area contributed by atoms with Gasteiger partial charge in [0.05, 0.1) is 0 Å². The van der Waals surface area contributed by atoms with E-state index in [0.29, 0.717) is 17.5 Å². The molecule has 1 amide bonds. The van der Waals surface area contributed by atoms with Gasteiger partial charge in [0.15, 0.2) is 0 Å². The predicted molar refractivity (Wildman–Crippen MR) is 110 cm³/mol. The first-order valence-corrected chi connectivity index (χ1v) is 10.2. The normalized spacial score (nSPS) is 27.7. The second-order valence-electron chi connectivity index (χ2n) is 8.59. The van der Waals surface area contributed by atoms with Gasteiger partial charge in [-0.1, -0.05) is 44.2 Å². The van der Waals surface area contributed by atoms with Gasteiger partial charge in [-0.15, -0.1) is 0 Å². The van der Waals surface area contributed by atoms with E-state index in [2.05, 4.69) is 50.1 Å². The molecule has 1 unspecified atom stereocenters. The number of fused-ring (bicyclic) bond motifs is 4. The molecule has 1 aliphatic carbocycles. The summed E-state index contributed by atoms with van der Waals surface area (Å²) in [6, 6.07) is 15.6. The van der Waals surface area contributed by atoms with Crippen LogP contribution in [0.3, 0.4) is 0 Å². The van der Waals surface area contributed by atoms with Crippen molar-refractivity contribution in [3.63, 3.8) is 0 Å². The fraction of sp³-hybridized carbons (Fsp3) is 0.458. The van der Waals surface area contributed by atoms with E-state index in [0.717, 1.165) is 19.4 Å². The van der Waals surface area contributed by atoms with E-state index < -0.39 is 0 Å². The van der Waals surface area contributed by atoms with E-state index in [-0.39, 0.29) is 11.3 Å². The summed E-state index contributed by atoms with van der Waals surface area (Å²) in [4.78, 5) is 14.3. The first-order chi connectivity index (χ1) is 12.9. The Morgan fingerprint density at radius 1 is 1.26 bits per heavy atom. The van der Waals surface area contributed by atoms with Gasteiger partial charge in [-0.25, -0.2) is 0 Å². The van der Waals surface area contributed by atoms with Crippen molar-refractivity contribution < 1.29 is 4.79 Å². The zero-order valence-corrected chi connectivity index (χ0v) is 16.7.